The second-order valence-electron chi connectivity index (χ2n) is 4.40. The van der Waals surface area contributed by atoms with Crippen LogP contribution < -0.4 is 4.74 Å². The van der Waals surface area contributed by atoms with Crippen LogP contribution in [0.3, 0.4) is 0 Å². The predicted molar refractivity (Wildman–Crippen MR) is 79.5 cm³/mol. The van der Waals surface area contributed by atoms with E-state index in [1.807, 2.05) is 61.5 Å². The summed E-state index contributed by atoms with van der Waals surface area (Å²) in [6, 6.07) is 18.1. The molecule has 0 amide bonds. The first kappa shape index (κ1) is 12.5. The molecule has 1 heterocycles. The number of ether oxygens (including phenoxy) is 1. The van der Waals surface area contributed by atoms with Gasteiger partial charge in [0.2, 0.25) is 0 Å². The molecule has 0 atom stereocenters. The van der Waals surface area contributed by atoms with E-state index in [2.05, 4.69) is 16.3 Å². The van der Waals surface area contributed by atoms with Gasteiger partial charge in [-0.15, -0.1) is 0 Å². The summed E-state index contributed by atoms with van der Waals surface area (Å²) in [6.45, 7) is 2.65. The third-order valence-electron chi connectivity index (χ3n) is 3.09. The van der Waals surface area contributed by atoms with Crippen LogP contribution in [-0.2, 0) is 0 Å². The lowest BCUT2D eigenvalue weighted by molar-refractivity contribution is 0.340. The second-order valence-corrected chi connectivity index (χ2v) is 4.40. The van der Waals surface area contributed by atoms with Crippen molar-refractivity contribution in [3.63, 3.8) is 0 Å². The molecular formula is C17H15N2O. The average molecular weight is 263 g/mol. The SMILES string of the molecule is CCOc1ccc(-c2[nH][c]nc2-c2ccccc2)cc1. The third-order valence-corrected chi connectivity index (χ3v) is 3.09. The van der Waals surface area contributed by atoms with Crippen LogP contribution in [0.25, 0.3) is 22.5 Å². The summed E-state index contributed by atoms with van der Waals surface area (Å²) < 4.78 is 5.46. The molecule has 3 nitrogen and oxygen atoms in total. The average Bonchev–Trinajstić information content (AvgIpc) is 2.99. The molecule has 2 aromatic carbocycles. The van der Waals surface area contributed by atoms with Gasteiger partial charge in [0.15, 0.2) is 6.33 Å². The topological polar surface area (TPSA) is 37.9 Å². The van der Waals surface area contributed by atoms with Crippen molar-refractivity contribution in [2.75, 3.05) is 6.61 Å². The summed E-state index contributed by atoms with van der Waals surface area (Å²) in [6.07, 6.45) is 2.83. The third kappa shape index (κ3) is 2.43. The minimum atomic E-state index is 0.673. The summed E-state index contributed by atoms with van der Waals surface area (Å²) in [7, 11) is 0. The Morgan fingerprint density at radius 3 is 2.45 bits per heavy atom. The molecular weight excluding hydrogens is 248 g/mol. The lowest BCUT2D eigenvalue weighted by atomic mass is 10.1. The van der Waals surface area contributed by atoms with Gasteiger partial charge in [-0.1, -0.05) is 30.3 Å². The smallest absolute Gasteiger partial charge is 0.174 e. The number of benzene rings is 2. The first-order valence-electron chi connectivity index (χ1n) is 6.63. The number of rotatable bonds is 4. The summed E-state index contributed by atoms with van der Waals surface area (Å²) in [5.41, 5.74) is 4.03. The van der Waals surface area contributed by atoms with Gasteiger partial charge in [0.05, 0.1) is 18.0 Å². The Labute approximate surface area is 118 Å². The molecule has 0 fully saturated rings. The van der Waals surface area contributed by atoms with E-state index >= 15 is 0 Å². The van der Waals surface area contributed by atoms with Crippen molar-refractivity contribution in [3.8, 4) is 28.3 Å². The number of nitrogens with zero attached hydrogens (tertiary/aromatic N) is 1. The highest BCUT2D eigenvalue weighted by molar-refractivity contribution is 5.78. The van der Waals surface area contributed by atoms with Gasteiger partial charge in [-0.3, -0.25) is 0 Å². The second kappa shape index (κ2) is 5.61. The Balaban J connectivity index is 1.97. The van der Waals surface area contributed by atoms with Gasteiger partial charge in [-0.05, 0) is 31.2 Å². The molecule has 0 aliphatic carbocycles. The number of hydrogen-bond donors (Lipinski definition) is 1. The molecule has 1 radical (unpaired) electrons. The van der Waals surface area contributed by atoms with E-state index < -0.39 is 0 Å². The molecule has 1 aromatic heterocycles. The van der Waals surface area contributed by atoms with Gasteiger partial charge < -0.3 is 9.72 Å². The molecule has 3 aromatic rings. The summed E-state index contributed by atoms with van der Waals surface area (Å²) in [5, 5.41) is 0. The van der Waals surface area contributed by atoms with Gasteiger partial charge in [-0.2, -0.15) is 0 Å². The maximum atomic E-state index is 5.46. The van der Waals surface area contributed by atoms with Crippen molar-refractivity contribution in [2.45, 2.75) is 6.92 Å². The number of imidazole rings is 1. The first-order valence-corrected chi connectivity index (χ1v) is 6.63. The fraction of sp³-hybridized carbons (Fsp3) is 0.118. The highest BCUT2D eigenvalue weighted by atomic mass is 16.5. The standard InChI is InChI=1S/C17H15N2O/c1-2-20-15-10-8-14(9-11-15)17-16(18-12-19-17)13-6-4-3-5-7-13/h3-11H,2H2,1H3,(H,18,19). The van der Waals surface area contributed by atoms with Crippen LogP contribution in [0.1, 0.15) is 6.92 Å². The molecule has 3 rings (SSSR count). The molecule has 0 spiro atoms. The Kier molecular flexibility index (Phi) is 3.50. The van der Waals surface area contributed by atoms with Gasteiger partial charge in [0.1, 0.15) is 5.75 Å². The van der Waals surface area contributed by atoms with Crippen LogP contribution in [0.2, 0.25) is 0 Å². The molecule has 0 aliphatic heterocycles. The number of aromatic nitrogens is 2. The van der Waals surface area contributed by atoms with Crippen molar-refractivity contribution in [1.29, 1.82) is 0 Å². The van der Waals surface area contributed by atoms with Crippen molar-refractivity contribution in [1.82, 2.24) is 9.97 Å². The number of H-pyrrole nitrogens is 1. The minimum Gasteiger partial charge on any atom is -0.494 e. The van der Waals surface area contributed by atoms with E-state index in [1.54, 1.807) is 0 Å². The van der Waals surface area contributed by atoms with Crippen molar-refractivity contribution in [3.05, 3.63) is 60.9 Å². The Hall–Kier alpha value is -2.55. The lowest BCUT2D eigenvalue weighted by Crippen LogP contribution is -1.91. The van der Waals surface area contributed by atoms with E-state index in [4.69, 9.17) is 4.74 Å². The van der Waals surface area contributed by atoms with E-state index in [0.29, 0.717) is 6.61 Å². The van der Waals surface area contributed by atoms with Crippen LogP contribution in [0.15, 0.2) is 54.6 Å². The van der Waals surface area contributed by atoms with E-state index in [-0.39, 0.29) is 0 Å². The molecule has 0 saturated heterocycles. The van der Waals surface area contributed by atoms with Gasteiger partial charge in [0.25, 0.3) is 0 Å². The summed E-state index contributed by atoms with van der Waals surface area (Å²) >= 11 is 0. The monoisotopic (exact) mass is 263 g/mol. The van der Waals surface area contributed by atoms with Gasteiger partial charge >= 0.3 is 0 Å². The van der Waals surface area contributed by atoms with Crippen LogP contribution in [0, 0.1) is 6.33 Å². The Morgan fingerprint density at radius 1 is 1.00 bits per heavy atom. The van der Waals surface area contributed by atoms with Crippen LogP contribution in [0.5, 0.6) is 5.75 Å². The maximum Gasteiger partial charge on any atom is 0.174 e. The molecule has 99 valence electrons. The molecule has 1 N–H and O–H groups in total. The fourth-order valence-electron chi connectivity index (χ4n) is 2.15. The summed E-state index contributed by atoms with van der Waals surface area (Å²) in [5.74, 6) is 0.876. The van der Waals surface area contributed by atoms with E-state index in [9.17, 15) is 0 Å². The number of aromatic amines is 1. The Morgan fingerprint density at radius 2 is 1.75 bits per heavy atom. The molecule has 0 bridgehead atoms. The summed E-state index contributed by atoms with van der Waals surface area (Å²) in [4.78, 5) is 7.40. The number of nitrogens with one attached hydrogen (secondary N) is 1. The van der Waals surface area contributed by atoms with Gasteiger partial charge in [-0.25, -0.2) is 4.98 Å². The largest absolute Gasteiger partial charge is 0.494 e. The zero-order valence-electron chi connectivity index (χ0n) is 11.3. The van der Waals surface area contributed by atoms with Crippen LogP contribution >= 0.6 is 0 Å². The zero-order valence-corrected chi connectivity index (χ0v) is 11.3. The normalized spacial score (nSPS) is 10.4. The molecule has 0 unspecified atom stereocenters. The molecule has 20 heavy (non-hydrogen) atoms. The molecule has 0 aliphatic rings. The van der Waals surface area contributed by atoms with E-state index in [1.165, 1.54) is 0 Å². The number of hydrogen-bond acceptors (Lipinski definition) is 2. The predicted octanol–water partition coefficient (Wildman–Crippen LogP) is 3.94. The maximum absolute atomic E-state index is 5.46. The highest BCUT2D eigenvalue weighted by Gasteiger charge is 2.10. The van der Waals surface area contributed by atoms with Crippen molar-refractivity contribution >= 4 is 0 Å². The lowest BCUT2D eigenvalue weighted by Gasteiger charge is -2.06. The zero-order chi connectivity index (χ0) is 13.8. The van der Waals surface area contributed by atoms with E-state index in [0.717, 1.165) is 28.3 Å². The van der Waals surface area contributed by atoms with Crippen LogP contribution in [-0.4, -0.2) is 16.6 Å². The first-order chi connectivity index (χ1) is 9.88. The van der Waals surface area contributed by atoms with Crippen molar-refractivity contribution < 1.29 is 4.74 Å². The molecule has 0 saturated carbocycles. The Bertz CT molecular complexity index is 672. The van der Waals surface area contributed by atoms with Crippen LogP contribution in [0.4, 0.5) is 0 Å². The fourth-order valence-corrected chi connectivity index (χ4v) is 2.15. The highest BCUT2D eigenvalue weighted by Crippen LogP contribution is 2.29. The van der Waals surface area contributed by atoms with Gasteiger partial charge in [0, 0.05) is 11.1 Å². The minimum absolute atomic E-state index is 0.673. The van der Waals surface area contributed by atoms with Crippen molar-refractivity contribution in [2.24, 2.45) is 0 Å². The quantitative estimate of drug-likeness (QED) is 0.774. The molecule has 3 heteroatoms.